The summed E-state index contributed by atoms with van der Waals surface area (Å²) in [6, 6.07) is 3.01. The van der Waals surface area contributed by atoms with Gasteiger partial charge in [-0.2, -0.15) is 0 Å². The number of nitrogens with one attached hydrogen (secondary N) is 1. The van der Waals surface area contributed by atoms with Crippen molar-refractivity contribution in [2.75, 3.05) is 12.9 Å². The maximum Gasteiger partial charge on any atom is 0.313 e. The molecule has 0 saturated heterocycles. The molecule has 0 amide bonds. The normalized spacial score (nSPS) is 14.3. The van der Waals surface area contributed by atoms with Crippen molar-refractivity contribution in [3.8, 4) is 11.1 Å². The van der Waals surface area contributed by atoms with Crippen molar-refractivity contribution in [3.05, 3.63) is 56.2 Å². The molecule has 0 unspecified atom stereocenters. The van der Waals surface area contributed by atoms with Gasteiger partial charge in [-0.25, -0.2) is 17.6 Å². The summed E-state index contributed by atoms with van der Waals surface area (Å²) in [5.74, 6) is 0. The van der Waals surface area contributed by atoms with Gasteiger partial charge in [-0.15, -0.1) is 0 Å². The van der Waals surface area contributed by atoms with E-state index in [9.17, 15) is 18.0 Å². The third-order valence-electron chi connectivity index (χ3n) is 4.93. The number of fused-ring (bicyclic) bond motifs is 1. The number of oxime groups is 1. The lowest BCUT2D eigenvalue weighted by Crippen LogP contribution is -2.37. The first-order valence-corrected chi connectivity index (χ1v) is 10.4. The summed E-state index contributed by atoms with van der Waals surface area (Å²) in [7, 11) is -2.04. The molecule has 1 N–H and O–H groups in total. The maximum absolute atomic E-state index is 12.8. The Labute approximate surface area is 159 Å². The highest BCUT2D eigenvalue weighted by Gasteiger charge is 2.26. The molecule has 3 heterocycles. The monoisotopic (exact) mass is 402 g/mol. The SMILES string of the molecule is Cc1c(-c2c(=O)c(=O)n(C)n3cc[nH]c23)ccc(S(C)(=O)=O)c1C1=NOCC1. The molecule has 0 saturated carbocycles. The zero-order valence-corrected chi connectivity index (χ0v) is 16.3. The number of aromatic amines is 1. The predicted octanol–water partition coefficient (Wildman–Crippen LogP) is 0.830. The minimum atomic E-state index is -3.54. The van der Waals surface area contributed by atoms with Crippen LogP contribution in [0.1, 0.15) is 17.5 Å². The van der Waals surface area contributed by atoms with Crippen molar-refractivity contribution >= 4 is 21.2 Å². The first kappa shape index (κ1) is 18.2. The largest absolute Gasteiger partial charge is 0.395 e. The summed E-state index contributed by atoms with van der Waals surface area (Å²) < 4.78 is 27.4. The summed E-state index contributed by atoms with van der Waals surface area (Å²) in [6.45, 7) is 2.08. The van der Waals surface area contributed by atoms with Crippen LogP contribution in [0.25, 0.3) is 16.8 Å². The zero-order chi connectivity index (χ0) is 20.2. The van der Waals surface area contributed by atoms with E-state index in [4.69, 9.17) is 4.84 Å². The van der Waals surface area contributed by atoms with E-state index in [-0.39, 0.29) is 10.5 Å². The van der Waals surface area contributed by atoms with Crippen LogP contribution in [0.4, 0.5) is 0 Å². The van der Waals surface area contributed by atoms with Gasteiger partial charge in [0, 0.05) is 37.7 Å². The second-order valence-electron chi connectivity index (χ2n) is 6.69. The Morgan fingerprint density at radius 1 is 1.21 bits per heavy atom. The molecular weight excluding hydrogens is 384 g/mol. The Bertz CT molecular complexity index is 1380. The minimum Gasteiger partial charge on any atom is -0.395 e. The molecule has 10 heteroatoms. The van der Waals surface area contributed by atoms with Gasteiger partial charge in [-0.05, 0) is 24.1 Å². The van der Waals surface area contributed by atoms with Gasteiger partial charge < -0.3 is 9.82 Å². The lowest BCUT2D eigenvalue weighted by molar-refractivity contribution is 0.174. The fourth-order valence-electron chi connectivity index (χ4n) is 3.58. The molecule has 1 aliphatic rings. The number of nitrogens with zero attached hydrogens (tertiary/aromatic N) is 3. The van der Waals surface area contributed by atoms with E-state index in [0.717, 1.165) is 6.26 Å². The number of aromatic nitrogens is 3. The highest BCUT2D eigenvalue weighted by molar-refractivity contribution is 7.90. The summed E-state index contributed by atoms with van der Waals surface area (Å²) >= 11 is 0. The third kappa shape index (κ3) is 2.60. The van der Waals surface area contributed by atoms with Crippen molar-refractivity contribution in [1.82, 2.24) is 14.2 Å². The number of rotatable bonds is 3. The summed E-state index contributed by atoms with van der Waals surface area (Å²) in [5, 5.41) is 3.98. The van der Waals surface area contributed by atoms with E-state index in [1.165, 1.54) is 17.8 Å². The molecule has 28 heavy (non-hydrogen) atoms. The number of hydrogen-bond donors (Lipinski definition) is 1. The first-order chi connectivity index (χ1) is 13.2. The fourth-order valence-corrected chi connectivity index (χ4v) is 4.54. The highest BCUT2D eigenvalue weighted by atomic mass is 32.2. The molecule has 4 rings (SSSR count). The van der Waals surface area contributed by atoms with Gasteiger partial charge in [0.2, 0.25) is 0 Å². The molecule has 0 bridgehead atoms. The van der Waals surface area contributed by atoms with Crippen LogP contribution in [-0.2, 0) is 21.7 Å². The topological polar surface area (TPSA) is 115 Å². The van der Waals surface area contributed by atoms with E-state index in [0.29, 0.717) is 41.1 Å². The van der Waals surface area contributed by atoms with E-state index in [1.807, 2.05) is 0 Å². The van der Waals surface area contributed by atoms with Crippen molar-refractivity contribution < 1.29 is 13.3 Å². The lowest BCUT2D eigenvalue weighted by atomic mass is 9.93. The Morgan fingerprint density at radius 3 is 2.61 bits per heavy atom. The van der Waals surface area contributed by atoms with E-state index < -0.39 is 20.8 Å². The molecule has 0 atom stereocenters. The van der Waals surface area contributed by atoms with Crippen LogP contribution in [0, 0.1) is 6.92 Å². The standard InChI is InChI=1S/C18H18N4O5S/c1-10-11(15-16(23)18(24)21(2)22-8-7-19-17(15)22)4-5-13(28(3,25)26)14(10)12-6-9-27-20-12/h4-5,7-8,19H,6,9H2,1-3H3. The van der Waals surface area contributed by atoms with Gasteiger partial charge in [0.05, 0.1) is 16.2 Å². The van der Waals surface area contributed by atoms with Crippen LogP contribution >= 0.6 is 0 Å². The number of benzene rings is 1. The van der Waals surface area contributed by atoms with Crippen LogP contribution < -0.4 is 11.0 Å². The third-order valence-corrected chi connectivity index (χ3v) is 6.07. The van der Waals surface area contributed by atoms with Gasteiger partial charge in [0.15, 0.2) is 9.84 Å². The highest BCUT2D eigenvalue weighted by Crippen LogP contribution is 2.32. The summed E-state index contributed by atoms with van der Waals surface area (Å²) in [5.41, 5.74) is 1.23. The Morgan fingerprint density at radius 2 is 1.96 bits per heavy atom. The molecule has 0 aliphatic carbocycles. The van der Waals surface area contributed by atoms with Crippen molar-refractivity contribution in [1.29, 1.82) is 0 Å². The Kier molecular flexibility index (Phi) is 4.03. The maximum atomic E-state index is 12.8. The van der Waals surface area contributed by atoms with Crippen LogP contribution in [0.3, 0.4) is 0 Å². The van der Waals surface area contributed by atoms with Crippen LogP contribution in [0.2, 0.25) is 0 Å². The number of imidazole rings is 1. The van der Waals surface area contributed by atoms with Gasteiger partial charge in [-0.3, -0.25) is 9.59 Å². The van der Waals surface area contributed by atoms with Crippen LogP contribution in [-0.4, -0.2) is 41.2 Å². The molecule has 0 spiro atoms. The molecule has 0 fully saturated rings. The molecule has 0 radical (unpaired) electrons. The molecule has 146 valence electrons. The first-order valence-electron chi connectivity index (χ1n) is 8.54. The molecule has 2 aromatic heterocycles. The zero-order valence-electron chi connectivity index (χ0n) is 15.5. The molecule has 1 aromatic carbocycles. The predicted molar refractivity (Wildman–Crippen MR) is 104 cm³/mol. The van der Waals surface area contributed by atoms with Gasteiger partial charge in [-0.1, -0.05) is 11.2 Å². The van der Waals surface area contributed by atoms with Crippen LogP contribution in [0.5, 0.6) is 0 Å². The number of hydrogen-bond acceptors (Lipinski definition) is 6. The van der Waals surface area contributed by atoms with E-state index in [2.05, 4.69) is 10.1 Å². The second-order valence-corrected chi connectivity index (χ2v) is 8.67. The summed E-state index contributed by atoms with van der Waals surface area (Å²) in [6.07, 6.45) is 4.83. The van der Waals surface area contributed by atoms with E-state index in [1.54, 1.807) is 29.9 Å². The van der Waals surface area contributed by atoms with Crippen molar-refractivity contribution in [2.24, 2.45) is 12.2 Å². The Hall–Kier alpha value is -3.14. The summed E-state index contributed by atoms with van der Waals surface area (Å²) in [4.78, 5) is 33.4. The van der Waals surface area contributed by atoms with E-state index >= 15 is 0 Å². The average molecular weight is 402 g/mol. The average Bonchev–Trinajstić information content (AvgIpc) is 3.31. The molecular formula is C18H18N4O5S. The molecule has 1 aliphatic heterocycles. The number of H-pyrrole nitrogens is 1. The van der Waals surface area contributed by atoms with Gasteiger partial charge in [0.25, 0.3) is 5.43 Å². The minimum absolute atomic E-state index is 0.115. The van der Waals surface area contributed by atoms with Gasteiger partial charge in [0.1, 0.15) is 12.3 Å². The Balaban J connectivity index is 2.14. The smallest absolute Gasteiger partial charge is 0.313 e. The van der Waals surface area contributed by atoms with Gasteiger partial charge >= 0.3 is 5.56 Å². The van der Waals surface area contributed by atoms with Crippen LogP contribution in [0.15, 0.2) is 44.2 Å². The molecule has 3 aromatic rings. The number of sulfone groups is 1. The van der Waals surface area contributed by atoms with Crippen molar-refractivity contribution in [3.63, 3.8) is 0 Å². The number of aryl methyl sites for hydroxylation is 1. The second kappa shape index (κ2) is 6.20. The van der Waals surface area contributed by atoms with Crippen molar-refractivity contribution in [2.45, 2.75) is 18.2 Å². The fraction of sp³-hybridized carbons (Fsp3) is 0.278. The lowest BCUT2D eigenvalue weighted by Gasteiger charge is -2.16. The molecule has 9 nitrogen and oxygen atoms in total. The quantitative estimate of drug-likeness (QED) is 0.652.